The number of anilines is 2. The van der Waals surface area contributed by atoms with Gasteiger partial charge in [0.15, 0.2) is 0 Å². The van der Waals surface area contributed by atoms with Crippen LogP contribution in [-0.4, -0.2) is 20.6 Å². The zero-order valence-electron chi connectivity index (χ0n) is 15.0. The average molecular weight is 321 g/mol. The topological polar surface area (TPSA) is 27.3 Å². The van der Waals surface area contributed by atoms with Crippen molar-refractivity contribution < 1.29 is 0 Å². The highest BCUT2D eigenvalue weighted by molar-refractivity contribution is 5.89. The summed E-state index contributed by atoms with van der Waals surface area (Å²) in [5.74, 6) is 0. The number of hydrogen-bond acceptors (Lipinski definition) is 3. The van der Waals surface area contributed by atoms with Crippen molar-refractivity contribution in [3.05, 3.63) is 78.2 Å². The van der Waals surface area contributed by atoms with E-state index < -0.39 is 0 Å². The summed E-state index contributed by atoms with van der Waals surface area (Å²) in [5.41, 5.74) is 6.15. The molecule has 3 heteroatoms. The van der Waals surface area contributed by atoms with Gasteiger partial charge in [-0.25, -0.2) is 0 Å². The van der Waals surface area contributed by atoms with E-state index in [1.165, 1.54) is 22.5 Å². The monoisotopic (exact) mass is 321 g/mol. The first-order valence-corrected chi connectivity index (χ1v) is 8.33. The largest absolute Gasteiger partial charge is 0.394 e. The highest BCUT2D eigenvalue weighted by Gasteiger charge is 2.25. The maximum atomic E-state index is 3.24. The molecule has 0 aromatic heterocycles. The summed E-state index contributed by atoms with van der Waals surface area (Å²) in [7, 11) is 3.86. The Hall–Kier alpha value is -2.68. The second-order valence-corrected chi connectivity index (χ2v) is 5.53. The van der Waals surface area contributed by atoms with E-state index in [2.05, 4.69) is 70.2 Å². The maximum absolute atomic E-state index is 3.24. The second-order valence-electron chi connectivity index (χ2n) is 5.53. The summed E-state index contributed by atoms with van der Waals surface area (Å²) >= 11 is 0. The van der Waals surface area contributed by atoms with Crippen LogP contribution >= 0.6 is 0 Å². The zero-order chi connectivity index (χ0) is 17.4. The van der Waals surface area contributed by atoms with Crippen molar-refractivity contribution in [3.63, 3.8) is 0 Å². The highest BCUT2D eigenvalue weighted by atomic mass is 15.2. The van der Waals surface area contributed by atoms with Gasteiger partial charge in [-0.1, -0.05) is 30.4 Å². The van der Waals surface area contributed by atoms with Crippen molar-refractivity contribution >= 4 is 16.9 Å². The smallest absolute Gasteiger partial charge is 0.0511 e. The summed E-state index contributed by atoms with van der Waals surface area (Å²) in [5, 5.41) is 6.27. The molecule has 0 atom stereocenters. The molecule has 126 valence electrons. The predicted molar refractivity (Wildman–Crippen MR) is 107 cm³/mol. The molecule has 0 bridgehead atoms. The minimum Gasteiger partial charge on any atom is -0.394 e. The Balaban J connectivity index is 2.51. The molecule has 1 aliphatic heterocycles. The van der Waals surface area contributed by atoms with Gasteiger partial charge in [0, 0.05) is 37.6 Å². The lowest BCUT2D eigenvalue weighted by molar-refractivity contribution is 1.08. The number of benzene rings is 1. The van der Waals surface area contributed by atoms with Crippen molar-refractivity contribution in [2.75, 3.05) is 30.9 Å². The van der Waals surface area contributed by atoms with E-state index in [0.717, 1.165) is 12.2 Å². The van der Waals surface area contributed by atoms with Crippen LogP contribution in [0.2, 0.25) is 0 Å². The Labute approximate surface area is 145 Å². The standard InChI is InChI=1S/C21H27N3/c1-5-7-10-17-16-24(19(9-6-2)11-8-14-22-3)21-15-18(23-4)12-13-20(17)21/h5-15,22-23H,16H2,1-4H3/b7-5-,9-6-,14-8+,17-10+,19-11+. The van der Waals surface area contributed by atoms with Gasteiger partial charge < -0.3 is 15.5 Å². The Morgan fingerprint density at radius 2 is 1.96 bits per heavy atom. The summed E-state index contributed by atoms with van der Waals surface area (Å²) in [6.07, 6.45) is 16.7. The van der Waals surface area contributed by atoms with E-state index in [-0.39, 0.29) is 0 Å². The zero-order valence-corrected chi connectivity index (χ0v) is 15.0. The van der Waals surface area contributed by atoms with Crippen LogP contribution in [0.3, 0.4) is 0 Å². The molecule has 24 heavy (non-hydrogen) atoms. The molecule has 0 radical (unpaired) electrons. The van der Waals surface area contributed by atoms with Gasteiger partial charge in [-0.2, -0.15) is 0 Å². The molecule has 0 saturated heterocycles. The quantitative estimate of drug-likeness (QED) is 0.744. The van der Waals surface area contributed by atoms with Crippen LogP contribution in [-0.2, 0) is 0 Å². The molecule has 0 amide bonds. The number of fused-ring (bicyclic) bond motifs is 1. The second kappa shape index (κ2) is 8.82. The molecule has 0 unspecified atom stereocenters. The summed E-state index contributed by atoms with van der Waals surface area (Å²) in [6, 6.07) is 6.55. The lowest BCUT2D eigenvalue weighted by Gasteiger charge is -2.21. The van der Waals surface area contributed by atoms with Gasteiger partial charge in [0.2, 0.25) is 0 Å². The lowest BCUT2D eigenvalue weighted by Crippen LogP contribution is -2.18. The molecule has 3 nitrogen and oxygen atoms in total. The Morgan fingerprint density at radius 3 is 2.62 bits per heavy atom. The first-order chi connectivity index (χ1) is 11.7. The number of hydrogen-bond donors (Lipinski definition) is 2. The van der Waals surface area contributed by atoms with Gasteiger partial charge in [0.05, 0.1) is 5.69 Å². The van der Waals surface area contributed by atoms with E-state index in [4.69, 9.17) is 0 Å². The Morgan fingerprint density at radius 1 is 1.12 bits per heavy atom. The molecular weight excluding hydrogens is 294 g/mol. The van der Waals surface area contributed by atoms with Crippen molar-refractivity contribution in [1.82, 2.24) is 5.32 Å². The first-order valence-electron chi connectivity index (χ1n) is 8.33. The van der Waals surface area contributed by atoms with E-state index in [9.17, 15) is 0 Å². The predicted octanol–water partition coefficient (Wildman–Crippen LogP) is 4.70. The van der Waals surface area contributed by atoms with Gasteiger partial charge >= 0.3 is 0 Å². The molecule has 1 aromatic carbocycles. The summed E-state index contributed by atoms with van der Waals surface area (Å²) in [4.78, 5) is 2.35. The van der Waals surface area contributed by atoms with Crippen LogP contribution in [0.25, 0.3) is 5.57 Å². The maximum Gasteiger partial charge on any atom is 0.0511 e. The first kappa shape index (κ1) is 17.7. The minimum absolute atomic E-state index is 0.871. The molecule has 1 heterocycles. The van der Waals surface area contributed by atoms with E-state index in [0.29, 0.717) is 0 Å². The SMILES string of the molecule is C/C=C\C=C1/CN(C(/C=C\C)=C/C=C/NC)c2cc(NC)ccc21. The van der Waals surface area contributed by atoms with Gasteiger partial charge in [0.25, 0.3) is 0 Å². The molecule has 1 aliphatic rings. The Bertz CT molecular complexity index is 706. The van der Waals surface area contributed by atoms with Crippen LogP contribution in [0.5, 0.6) is 0 Å². The van der Waals surface area contributed by atoms with Crippen LogP contribution in [0.15, 0.2) is 72.6 Å². The number of nitrogens with one attached hydrogen (secondary N) is 2. The highest BCUT2D eigenvalue weighted by Crippen LogP contribution is 2.39. The third-order valence-electron chi connectivity index (χ3n) is 3.92. The van der Waals surface area contributed by atoms with E-state index in [1.54, 1.807) is 0 Å². The van der Waals surface area contributed by atoms with Crippen molar-refractivity contribution in [3.8, 4) is 0 Å². The number of nitrogens with zero attached hydrogens (tertiary/aromatic N) is 1. The van der Waals surface area contributed by atoms with Gasteiger partial charge in [-0.3, -0.25) is 0 Å². The number of rotatable bonds is 6. The van der Waals surface area contributed by atoms with Crippen LogP contribution in [0, 0.1) is 0 Å². The Kier molecular flexibility index (Phi) is 6.50. The lowest BCUT2D eigenvalue weighted by atomic mass is 10.1. The van der Waals surface area contributed by atoms with E-state index in [1.807, 2.05) is 40.2 Å². The van der Waals surface area contributed by atoms with Crippen molar-refractivity contribution in [1.29, 1.82) is 0 Å². The van der Waals surface area contributed by atoms with Crippen molar-refractivity contribution in [2.24, 2.45) is 0 Å². The van der Waals surface area contributed by atoms with Crippen LogP contribution < -0.4 is 15.5 Å². The fourth-order valence-electron chi connectivity index (χ4n) is 2.76. The molecule has 0 fully saturated rings. The fraction of sp³-hybridized carbons (Fsp3) is 0.238. The van der Waals surface area contributed by atoms with Gasteiger partial charge in [-0.05, 0) is 56.0 Å². The molecule has 0 spiro atoms. The molecule has 1 aromatic rings. The average Bonchev–Trinajstić information content (AvgIpc) is 2.97. The van der Waals surface area contributed by atoms with Gasteiger partial charge in [-0.15, -0.1) is 0 Å². The minimum atomic E-state index is 0.871. The molecule has 2 rings (SSSR count). The molecule has 2 N–H and O–H groups in total. The summed E-state index contributed by atoms with van der Waals surface area (Å²) < 4.78 is 0. The van der Waals surface area contributed by atoms with Crippen LogP contribution in [0.1, 0.15) is 19.4 Å². The number of allylic oxidation sites excluding steroid dienone is 7. The normalized spacial score (nSPS) is 16.8. The molecular formula is C21H27N3. The fourth-order valence-corrected chi connectivity index (χ4v) is 2.76. The summed E-state index contributed by atoms with van der Waals surface area (Å²) in [6.45, 7) is 4.96. The van der Waals surface area contributed by atoms with Crippen LogP contribution in [0.4, 0.5) is 11.4 Å². The van der Waals surface area contributed by atoms with Crippen molar-refractivity contribution in [2.45, 2.75) is 13.8 Å². The third kappa shape index (κ3) is 3.99. The molecule has 0 aliphatic carbocycles. The third-order valence-corrected chi connectivity index (χ3v) is 3.92. The van der Waals surface area contributed by atoms with Gasteiger partial charge in [0.1, 0.15) is 0 Å². The molecule has 0 saturated carbocycles. The van der Waals surface area contributed by atoms with E-state index >= 15 is 0 Å².